The third-order valence-electron chi connectivity index (χ3n) is 4.29. The van der Waals surface area contributed by atoms with Gasteiger partial charge < -0.3 is 20.1 Å². The molecule has 0 radical (unpaired) electrons. The summed E-state index contributed by atoms with van der Waals surface area (Å²) in [4.78, 5) is 18.3. The van der Waals surface area contributed by atoms with Crippen molar-refractivity contribution in [3.8, 4) is 5.75 Å². The highest BCUT2D eigenvalue weighted by Gasteiger charge is 2.32. The molecular weight excluding hydrogens is 491 g/mol. The van der Waals surface area contributed by atoms with Crippen LogP contribution < -0.4 is 10.1 Å². The summed E-state index contributed by atoms with van der Waals surface area (Å²) in [6.45, 7) is 0.574. The number of carbonyl (C=O) groups is 1. The Kier molecular flexibility index (Phi) is 6.89. The average Bonchev–Trinajstić information content (AvgIpc) is 2.69. The fourth-order valence-corrected chi connectivity index (χ4v) is 3.63. The minimum absolute atomic E-state index is 0.0606. The van der Waals surface area contributed by atoms with Gasteiger partial charge in [0.25, 0.3) is 0 Å². The van der Waals surface area contributed by atoms with Crippen molar-refractivity contribution in [3.05, 3.63) is 57.3 Å². The second kappa shape index (κ2) is 9.23. The van der Waals surface area contributed by atoms with Gasteiger partial charge in [0, 0.05) is 25.0 Å². The van der Waals surface area contributed by atoms with E-state index in [4.69, 9.17) is 16.7 Å². The van der Waals surface area contributed by atoms with Crippen LogP contribution in [0.5, 0.6) is 5.75 Å². The number of nitrogens with one attached hydrogen (secondary N) is 1. The number of halogens is 5. The van der Waals surface area contributed by atoms with E-state index in [2.05, 4.69) is 31.0 Å². The van der Waals surface area contributed by atoms with Gasteiger partial charge in [-0.25, -0.2) is 4.79 Å². The molecule has 2 amide bonds. The maximum atomic E-state index is 12.5. The number of aliphatic hydroxyl groups excluding tert-OH is 1. The number of aliphatic hydroxyl groups is 1. The minimum atomic E-state index is -4.80. The Balaban J connectivity index is 1.63. The number of nitrogens with zero attached hydrogens (tertiary/aromatic N) is 2. The molecule has 1 aliphatic rings. The molecule has 0 aliphatic carbocycles. The van der Waals surface area contributed by atoms with Crippen LogP contribution in [0.2, 0.25) is 5.02 Å². The molecule has 1 aromatic carbocycles. The second-order valence-corrected chi connectivity index (χ2v) is 7.64. The maximum Gasteiger partial charge on any atom is 0.573 e. The Morgan fingerprint density at radius 3 is 2.70 bits per heavy atom. The third kappa shape index (κ3) is 5.65. The predicted octanol–water partition coefficient (Wildman–Crippen LogP) is 5.21. The lowest BCUT2D eigenvalue weighted by Gasteiger charge is -2.27. The zero-order valence-corrected chi connectivity index (χ0v) is 17.7. The highest BCUT2D eigenvalue weighted by atomic mass is 79.9. The van der Waals surface area contributed by atoms with Gasteiger partial charge in [-0.15, -0.1) is 13.2 Å². The van der Waals surface area contributed by atoms with E-state index in [0.717, 1.165) is 11.6 Å². The summed E-state index contributed by atoms with van der Waals surface area (Å²) >= 11 is 9.22. The van der Waals surface area contributed by atoms with Gasteiger partial charge in [0.15, 0.2) is 0 Å². The summed E-state index contributed by atoms with van der Waals surface area (Å²) in [6, 6.07) is 5.02. The summed E-state index contributed by atoms with van der Waals surface area (Å²) in [5.74, 6) is -0.400. The number of rotatable bonds is 4. The molecule has 6 nitrogen and oxygen atoms in total. The van der Waals surface area contributed by atoms with Gasteiger partial charge in [-0.3, -0.25) is 4.98 Å². The summed E-state index contributed by atoms with van der Waals surface area (Å²) in [7, 11) is 0. The number of hydrogen-bond acceptors (Lipinski definition) is 4. The first-order chi connectivity index (χ1) is 14.2. The van der Waals surface area contributed by atoms with Crippen LogP contribution >= 0.6 is 27.5 Å². The van der Waals surface area contributed by atoms with Crippen LogP contribution in [0.1, 0.15) is 17.7 Å². The lowest BCUT2D eigenvalue weighted by atomic mass is 10.0. The average molecular weight is 507 g/mol. The van der Waals surface area contributed by atoms with Crippen molar-refractivity contribution in [1.29, 1.82) is 0 Å². The van der Waals surface area contributed by atoms with Gasteiger partial charge in [-0.1, -0.05) is 17.7 Å². The molecule has 0 saturated heterocycles. The van der Waals surface area contributed by atoms with E-state index < -0.39 is 18.1 Å². The van der Waals surface area contributed by atoms with Crippen LogP contribution in [0.4, 0.5) is 23.7 Å². The Morgan fingerprint density at radius 2 is 2.13 bits per heavy atom. The molecule has 1 aliphatic heterocycles. The van der Waals surface area contributed by atoms with Crippen LogP contribution in [0.25, 0.3) is 5.57 Å². The van der Waals surface area contributed by atoms with Gasteiger partial charge in [-0.05, 0) is 57.8 Å². The largest absolute Gasteiger partial charge is 0.573 e. The predicted molar refractivity (Wildman–Crippen MR) is 109 cm³/mol. The first-order valence-corrected chi connectivity index (χ1v) is 9.89. The molecule has 30 heavy (non-hydrogen) atoms. The van der Waals surface area contributed by atoms with Gasteiger partial charge in [0.2, 0.25) is 0 Å². The van der Waals surface area contributed by atoms with E-state index in [9.17, 15) is 18.0 Å². The fourth-order valence-electron chi connectivity index (χ4n) is 2.86. The Hall–Kier alpha value is -2.30. The number of ether oxygens (including phenoxy) is 1. The molecule has 11 heteroatoms. The van der Waals surface area contributed by atoms with Crippen LogP contribution in [-0.4, -0.2) is 40.5 Å². The van der Waals surface area contributed by atoms with Crippen LogP contribution in [0.3, 0.4) is 0 Å². The molecule has 0 spiro atoms. The van der Waals surface area contributed by atoms with Crippen LogP contribution in [0.15, 0.2) is 41.0 Å². The quantitative estimate of drug-likeness (QED) is 0.597. The molecular formula is C19H16BrClF3N3O3. The fraction of sp³-hybridized carbons (Fsp3) is 0.263. The minimum Gasteiger partial charge on any atom is -0.405 e. The molecule has 3 rings (SSSR count). The highest BCUT2D eigenvalue weighted by Crippen LogP contribution is 2.33. The van der Waals surface area contributed by atoms with Gasteiger partial charge in [0.05, 0.1) is 21.8 Å². The zero-order chi connectivity index (χ0) is 21.9. The van der Waals surface area contributed by atoms with Crippen molar-refractivity contribution in [2.75, 3.05) is 18.4 Å². The van der Waals surface area contributed by atoms with Crippen LogP contribution in [-0.2, 0) is 6.61 Å². The lowest BCUT2D eigenvalue weighted by Crippen LogP contribution is -2.38. The second-order valence-electron chi connectivity index (χ2n) is 6.38. The van der Waals surface area contributed by atoms with Crippen molar-refractivity contribution in [3.63, 3.8) is 0 Å². The number of urea groups is 1. The summed E-state index contributed by atoms with van der Waals surface area (Å²) in [6.07, 6.45) is -0.890. The molecule has 0 atom stereocenters. The van der Waals surface area contributed by atoms with E-state index in [1.54, 1.807) is 17.2 Å². The van der Waals surface area contributed by atoms with Crippen molar-refractivity contribution in [2.45, 2.75) is 19.4 Å². The molecule has 2 aromatic rings. The number of carbonyl (C=O) groups excluding carboxylic acids is 1. The summed E-state index contributed by atoms with van der Waals surface area (Å²) in [5.41, 5.74) is 2.43. The molecule has 0 bridgehead atoms. The molecule has 0 fully saturated rings. The number of aromatic nitrogens is 1. The maximum absolute atomic E-state index is 12.5. The van der Waals surface area contributed by atoms with E-state index in [0.29, 0.717) is 41.5 Å². The Labute approximate surface area is 183 Å². The lowest BCUT2D eigenvalue weighted by molar-refractivity contribution is -0.274. The number of pyridine rings is 1. The van der Waals surface area contributed by atoms with Crippen molar-refractivity contribution >= 4 is 44.8 Å². The number of anilines is 1. The third-order valence-corrected chi connectivity index (χ3v) is 5.20. The van der Waals surface area contributed by atoms with E-state index in [1.807, 2.05) is 6.08 Å². The Bertz CT molecular complexity index is 985. The number of hydrogen-bond donors (Lipinski definition) is 2. The summed E-state index contributed by atoms with van der Waals surface area (Å²) in [5, 5.41) is 12.2. The molecule has 0 unspecified atom stereocenters. The molecule has 2 N–H and O–H groups in total. The SMILES string of the molecule is O=C(Nc1ccc(OC(F)(F)F)c(Br)c1)N1CC=C(c2ncc(CO)cc2Cl)CC1. The smallest absolute Gasteiger partial charge is 0.405 e. The Morgan fingerprint density at radius 1 is 1.37 bits per heavy atom. The van der Waals surface area contributed by atoms with E-state index in [-0.39, 0.29) is 11.1 Å². The molecule has 0 saturated carbocycles. The summed E-state index contributed by atoms with van der Waals surface area (Å²) < 4.78 is 41.0. The normalized spacial score (nSPS) is 14.3. The van der Waals surface area contributed by atoms with Crippen LogP contribution in [0, 0.1) is 0 Å². The highest BCUT2D eigenvalue weighted by molar-refractivity contribution is 9.10. The molecule has 2 heterocycles. The monoisotopic (exact) mass is 505 g/mol. The number of benzene rings is 1. The number of alkyl halides is 3. The van der Waals surface area contributed by atoms with Gasteiger partial charge in [0.1, 0.15) is 5.75 Å². The van der Waals surface area contributed by atoms with Gasteiger partial charge >= 0.3 is 12.4 Å². The van der Waals surface area contributed by atoms with Gasteiger partial charge in [-0.2, -0.15) is 0 Å². The first-order valence-electron chi connectivity index (χ1n) is 8.72. The van der Waals surface area contributed by atoms with Crippen molar-refractivity contribution in [1.82, 2.24) is 9.88 Å². The van der Waals surface area contributed by atoms with E-state index in [1.165, 1.54) is 12.1 Å². The van der Waals surface area contributed by atoms with E-state index >= 15 is 0 Å². The van der Waals surface area contributed by atoms with Crippen molar-refractivity contribution in [2.24, 2.45) is 0 Å². The number of amides is 2. The topological polar surface area (TPSA) is 74.7 Å². The molecule has 160 valence electrons. The standard InChI is InChI=1S/C19H16BrClF3N3O3/c20-14-8-13(1-2-16(14)30-19(22,23)24)26-18(29)27-5-3-12(4-6-27)17-15(21)7-11(10-28)9-25-17/h1-3,7-9,28H,4-6,10H2,(H,26,29). The zero-order valence-electron chi connectivity index (χ0n) is 15.3. The molecule has 1 aromatic heterocycles. The first kappa shape index (κ1) is 22.4. The van der Waals surface area contributed by atoms with Crippen molar-refractivity contribution < 1.29 is 27.8 Å².